The van der Waals surface area contributed by atoms with Crippen LogP contribution < -0.4 is 5.32 Å². The maximum atomic E-state index is 5.35. The summed E-state index contributed by atoms with van der Waals surface area (Å²) in [4.78, 5) is 8.95. The Hall–Kier alpha value is -1.68. The van der Waals surface area contributed by atoms with Crippen LogP contribution in [-0.2, 0) is 4.74 Å². The minimum atomic E-state index is 0.687. The normalized spacial score (nSPS) is 16.9. The lowest BCUT2D eigenvalue weighted by Crippen LogP contribution is -2.22. The average Bonchev–Trinajstić information content (AvgIpc) is 2.46. The topological polar surface area (TPSA) is 47.0 Å². The molecule has 4 nitrogen and oxygen atoms in total. The fourth-order valence-corrected chi connectivity index (χ4v) is 2.24. The van der Waals surface area contributed by atoms with Crippen molar-refractivity contribution < 1.29 is 4.74 Å². The second-order valence-electron chi connectivity index (χ2n) is 4.68. The molecule has 4 heteroatoms. The summed E-state index contributed by atoms with van der Waals surface area (Å²) >= 11 is 0. The van der Waals surface area contributed by atoms with Crippen LogP contribution in [0.15, 0.2) is 30.5 Å². The van der Waals surface area contributed by atoms with E-state index in [0.29, 0.717) is 5.92 Å². The van der Waals surface area contributed by atoms with Crippen molar-refractivity contribution in [2.75, 3.05) is 25.1 Å². The molecule has 1 aliphatic rings. The van der Waals surface area contributed by atoms with Crippen LogP contribution in [0.5, 0.6) is 0 Å². The molecule has 94 valence electrons. The van der Waals surface area contributed by atoms with Gasteiger partial charge in [-0.25, -0.2) is 4.98 Å². The summed E-state index contributed by atoms with van der Waals surface area (Å²) in [5.74, 6) is 1.55. The molecule has 0 unspecified atom stereocenters. The van der Waals surface area contributed by atoms with Crippen molar-refractivity contribution in [2.24, 2.45) is 5.92 Å². The number of para-hydroxylation sites is 2. The van der Waals surface area contributed by atoms with E-state index >= 15 is 0 Å². The van der Waals surface area contributed by atoms with Crippen LogP contribution in [0.4, 0.5) is 5.82 Å². The van der Waals surface area contributed by atoms with E-state index in [9.17, 15) is 0 Å². The number of nitrogens with one attached hydrogen (secondary N) is 1. The van der Waals surface area contributed by atoms with Crippen LogP contribution >= 0.6 is 0 Å². The molecule has 1 saturated heterocycles. The standard InChI is InChI=1S/C14H17N3O/c1-2-4-13-12(3-1)15-10-14(17-13)16-9-11-5-7-18-8-6-11/h1-4,10-11H,5-9H2,(H,16,17). The predicted molar refractivity (Wildman–Crippen MR) is 71.6 cm³/mol. The molecule has 3 rings (SSSR count). The van der Waals surface area contributed by atoms with Gasteiger partial charge in [0.05, 0.1) is 17.2 Å². The predicted octanol–water partition coefficient (Wildman–Crippen LogP) is 2.47. The van der Waals surface area contributed by atoms with Crippen LogP contribution in [0.3, 0.4) is 0 Å². The Balaban J connectivity index is 1.66. The number of hydrogen-bond donors (Lipinski definition) is 1. The van der Waals surface area contributed by atoms with Crippen LogP contribution in [0.1, 0.15) is 12.8 Å². The molecular weight excluding hydrogens is 226 g/mol. The molecular formula is C14H17N3O. The van der Waals surface area contributed by atoms with Gasteiger partial charge < -0.3 is 10.1 Å². The average molecular weight is 243 g/mol. The van der Waals surface area contributed by atoms with Crippen molar-refractivity contribution in [3.05, 3.63) is 30.5 Å². The molecule has 1 N–H and O–H groups in total. The highest BCUT2D eigenvalue weighted by Crippen LogP contribution is 2.16. The third-order valence-electron chi connectivity index (χ3n) is 3.36. The van der Waals surface area contributed by atoms with Crippen LogP contribution in [-0.4, -0.2) is 29.7 Å². The second kappa shape index (κ2) is 5.31. The van der Waals surface area contributed by atoms with Gasteiger partial charge in [-0.1, -0.05) is 12.1 Å². The smallest absolute Gasteiger partial charge is 0.145 e. The molecule has 1 aliphatic heterocycles. The van der Waals surface area contributed by atoms with Gasteiger partial charge in [0.1, 0.15) is 5.82 Å². The molecule has 18 heavy (non-hydrogen) atoms. The zero-order valence-corrected chi connectivity index (χ0v) is 10.3. The lowest BCUT2D eigenvalue weighted by Gasteiger charge is -2.22. The number of rotatable bonds is 3. The first-order valence-electron chi connectivity index (χ1n) is 6.45. The monoisotopic (exact) mass is 243 g/mol. The molecule has 0 spiro atoms. The number of ether oxygens (including phenoxy) is 1. The summed E-state index contributed by atoms with van der Waals surface area (Å²) in [6.07, 6.45) is 4.07. The quantitative estimate of drug-likeness (QED) is 0.899. The molecule has 0 aliphatic carbocycles. The van der Waals surface area contributed by atoms with Gasteiger partial charge >= 0.3 is 0 Å². The number of nitrogens with zero attached hydrogens (tertiary/aromatic N) is 2. The van der Waals surface area contributed by atoms with Crippen molar-refractivity contribution in [1.82, 2.24) is 9.97 Å². The number of benzene rings is 1. The van der Waals surface area contributed by atoms with Gasteiger partial charge in [0.25, 0.3) is 0 Å². The van der Waals surface area contributed by atoms with Crippen molar-refractivity contribution in [1.29, 1.82) is 0 Å². The Morgan fingerprint density at radius 2 is 1.94 bits per heavy atom. The van der Waals surface area contributed by atoms with E-state index in [1.807, 2.05) is 30.5 Å². The minimum absolute atomic E-state index is 0.687. The number of hydrogen-bond acceptors (Lipinski definition) is 4. The number of fused-ring (bicyclic) bond motifs is 1. The Morgan fingerprint density at radius 1 is 1.17 bits per heavy atom. The minimum Gasteiger partial charge on any atom is -0.381 e. The molecule has 2 aromatic rings. The zero-order valence-electron chi connectivity index (χ0n) is 10.3. The highest BCUT2D eigenvalue weighted by molar-refractivity contribution is 5.75. The van der Waals surface area contributed by atoms with E-state index in [2.05, 4.69) is 15.3 Å². The molecule has 1 aromatic heterocycles. The first kappa shape index (κ1) is 11.4. The number of aromatic nitrogens is 2. The first-order chi connectivity index (χ1) is 8.92. The summed E-state index contributed by atoms with van der Waals surface area (Å²) in [6.45, 7) is 2.72. The molecule has 2 heterocycles. The van der Waals surface area contributed by atoms with Crippen molar-refractivity contribution >= 4 is 16.9 Å². The Labute approximate surface area is 106 Å². The SMILES string of the molecule is c1ccc2nc(NCC3CCOCC3)cnc2c1. The summed E-state index contributed by atoms with van der Waals surface area (Å²) in [7, 11) is 0. The number of anilines is 1. The summed E-state index contributed by atoms with van der Waals surface area (Å²) in [5.41, 5.74) is 1.88. The van der Waals surface area contributed by atoms with Gasteiger partial charge in [0, 0.05) is 19.8 Å². The summed E-state index contributed by atoms with van der Waals surface area (Å²) < 4.78 is 5.35. The molecule has 1 aromatic carbocycles. The second-order valence-corrected chi connectivity index (χ2v) is 4.68. The lowest BCUT2D eigenvalue weighted by molar-refractivity contribution is 0.0699. The molecule has 0 radical (unpaired) electrons. The third kappa shape index (κ3) is 2.59. The molecule has 0 amide bonds. The van der Waals surface area contributed by atoms with Crippen molar-refractivity contribution in [3.8, 4) is 0 Å². The van der Waals surface area contributed by atoms with Gasteiger partial charge in [0.2, 0.25) is 0 Å². The fraction of sp³-hybridized carbons (Fsp3) is 0.429. The molecule has 0 atom stereocenters. The maximum Gasteiger partial charge on any atom is 0.145 e. The Bertz CT molecular complexity index is 523. The van der Waals surface area contributed by atoms with Gasteiger partial charge in [-0.2, -0.15) is 0 Å². The molecule has 0 bridgehead atoms. The molecule has 0 saturated carbocycles. The van der Waals surface area contributed by atoms with E-state index < -0.39 is 0 Å². The van der Waals surface area contributed by atoms with Gasteiger partial charge in [0.15, 0.2) is 0 Å². The Morgan fingerprint density at radius 3 is 2.78 bits per heavy atom. The van der Waals surface area contributed by atoms with Crippen LogP contribution in [0.2, 0.25) is 0 Å². The van der Waals surface area contributed by atoms with Gasteiger partial charge in [-0.05, 0) is 30.9 Å². The van der Waals surface area contributed by atoms with Crippen LogP contribution in [0, 0.1) is 5.92 Å². The van der Waals surface area contributed by atoms with Gasteiger partial charge in [-0.15, -0.1) is 0 Å². The van der Waals surface area contributed by atoms with E-state index in [-0.39, 0.29) is 0 Å². The van der Waals surface area contributed by atoms with E-state index in [0.717, 1.165) is 49.5 Å². The Kier molecular flexibility index (Phi) is 3.37. The third-order valence-corrected chi connectivity index (χ3v) is 3.36. The summed E-state index contributed by atoms with van der Waals surface area (Å²) in [5, 5.41) is 3.38. The van der Waals surface area contributed by atoms with E-state index in [1.54, 1.807) is 0 Å². The fourth-order valence-electron chi connectivity index (χ4n) is 2.24. The van der Waals surface area contributed by atoms with E-state index in [1.165, 1.54) is 0 Å². The molecule has 1 fully saturated rings. The van der Waals surface area contributed by atoms with Crippen molar-refractivity contribution in [3.63, 3.8) is 0 Å². The highest BCUT2D eigenvalue weighted by atomic mass is 16.5. The van der Waals surface area contributed by atoms with Gasteiger partial charge in [-0.3, -0.25) is 4.98 Å². The first-order valence-corrected chi connectivity index (χ1v) is 6.45. The maximum absolute atomic E-state index is 5.35. The van der Waals surface area contributed by atoms with Crippen molar-refractivity contribution in [2.45, 2.75) is 12.8 Å². The zero-order chi connectivity index (χ0) is 12.2. The largest absolute Gasteiger partial charge is 0.381 e. The van der Waals surface area contributed by atoms with Crippen LogP contribution in [0.25, 0.3) is 11.0 Å². The highest BCUT2D eigenvalue weighted by Gasteiger charge is 2.13. The van der Waals surface area contributed by atoms with E-state index in [4.69, 9.17) is 4.74 Å². The lowest BCUT2D eigenvalue weighted by atomic mass is 10.0. The summed E-state index contributed by atoms with van der Waals surface area (Å²) in [6, 6.07) is 7.93.